The van der Waals surface area contributed by atoms with Crippen LogP contribution >= 0.6 is 0 Å². The molecule has 0 saturated carbocycles. The minimum Gasteiger partial charge on any atom is -0.409 e. The van der Waals surface area contributed by atoms with E-state index in [1.165, 1.54) is 12.8 Å². The summed E-state index contributed by atoms with van der Waals surface area (Å²) in [7, 11) is 0. The van der Waals surface area contributed by atoms with Crippen molar-refractivity contribution in [2.24, 2.45) is 16.8 Å². The largest absolute Gasteiger partial charge is 0.409 e. The highest BCUT2D eigenvalue weighted by Crippen LogP contribution is 2.30. The van der Waals surface area contributed by atoms with Crippen LogP contribution in [0.3, 0.4) is 0 Å². The van der Waals surface area contributed by atoms with Crippen LogP contribution in [-0.4, -0.2) is 23.6 Å². The number of piperidine rings is 1. The molecule has 1 heterocycles. The SMILES string of the molecule is Cc1ccc(N2CC(C)CCC2C)c(/C(N)=N/O)c1. The zero-order valence-electron chi connectivity index (χ0n) is 11.9. The van der Waals surface area contributed by atoms with Crippen molar-refractivity contribution in [3.63, 3.8) is 0 Å². The Labute approximate surface area is 114 Å². The monoisotopic (exact) mass is 261 g/mol. The fourth-order valence-corrected chi connectivity index (χ4v) is 2.78. The molecule has 2 atom stereocenters. The normalized spacial score (nSPS) is 24.6. The first-order valence-electron chi connectivity index (χ1n) is 6.88. The number of benzene rings is 1. The van der Waals surface area contributed by atoms with Gasteiger partial charge in [-0.15, -0.1) is 0 Å². The van der Waals surface area contributed by atoms with Gasteiger partial charge in [-0.3, -0.25) is 0 Å². The molecule has 0 aromatic heterocycles. The van der Waals surface area contributed by atoms with Crippen LogP contribution in [0.5, 0.6) is 0 Å². The molecule has 1 aromatic rings. The van der Waals surface area contributed by atoms with Gasteiger partial charge >= 0.3 is 0 Å². The third kappa shape index (κ3) is 2.83. The second-order valence-electron chi connectivity index (χ2n) is 5.69. The van der Waals surface area contributed by atoms with Crippen LogP contribution in [0.15, 0.2) is 23.4 Å². The smallest absolute Gasteiger partial charge is 0.172 e. The highest BCUT2D eigenvalue weighted by molar-refractivity contribution is 6.02. The maximum Gasteiger partial charge on any atom is 0.172 e. The number of aryl methyl sites for hydroxylation is 1. The summed E-state index contributed by atoms with van der Waals surface area (Å²) in [5.41, 5.74) is 8.83. The molecule has 1 saturated heterocycles. The molecule has 0 spiro atoms. The maximum absolute atomic E-state index is 8.96. The number of anilines is 1. The van der Waals surface area contributed by atoms with Crippen molar-refractivity contribution in [1.82, 2.24) is 0 Å². The Hall–Kier alpha value is -1.71. The lowest BCUT2D eigenvalue weighted by Gasteiger charge is -2.39. The predicted octanol–water partition coefficient (Wildman–Crippen LogP) is 2.71. The van der Waals surface area contributed by atoms with Gasteiger partial charge in [0, 0.05) is 23.8 Å². The lowest BCUT2D eigenvalue weighted by Crippen LogP contribution is -2.42. The summed E-state index contributed by atoms with van der Waals surface area (Å²) < 4.78 is 0. The third-order valence-corrected chi connectivity index (χ3v) is 3.96. The van der Waals surface area contributed by atoms with E-state index >= 15 is 0 Å². The number of oxime groups is 1. The van der Waals surface area contributed by atoms with Crippen molar-refractivity contribution in [2.75, 3.05) is 11.4 Å². The van der Waals surface area contributed by atoms with Crippen LogP contribution in [0, 0.1) is 12.8 Å². The van der Waals surface area contributed by atoms with Crippen molar-refractivity contribution >= 4 is 11.5 Å². The minimum absolute atomic E-state index is 0.184. The maximum atomic E-state index is 8.96. The standard InChI is InChI=1S/C15H23N3O/c1-10-5-7-14(13(8-10)15(16)17-19)18-9-11(2)4-6-12(18)3/h5,7-8,11-12,19H,4,6,9H2,1-3H3,(H2,16,17). The molecule has 1 aliphatic heterocycles. The van der Waals surface area contributed by atoms with Crippen LogP contribution in [0.2, 0.25) is 0 Å². The summed E-state index contributed by atoms with van der Waals surface area (Å²) in [4.78, 5) is 2.38. The van der Waals surface area contributed by atoms with Gasteiger partial charge in [0.2, 0.25) is 0 Å². The Morgan fingerprint density at radius 3 is 2.79 bits per heavy atom. The van der Waals surface area contributed by atoms with Crippen molar-refractivity contribution in [3.8, 4) is 0 Å². The van der Waals surface area contributed by atoms with E-state index in [4.69, 9.17) is 10.9 Å². The number of rotatable bonds is 2. The number of nitrogens with two attached hydrogens (primary N) is 1. The lowest BCUT2D eigenvalue weighted by atomic mass is 9.93. The molecule has 0 bridgehead atoms. The van der Waals surface area contributed by atoms with Gasteiger partial charge < -0.3 is 15.8 Å². The van der Waals surface area contributed by atoms with E-state index in [0.29, 0.717) is 12.0 Å². The van der Waals surface area contributed by atoms with E-state index in [9.17, 15) is 0 Å². The molecule has 3 N–H and O–H groups in total. The second kappa shape index (κ2) is 5.51. The summed E-state index contributed by atoms with van der Waals surface area (Å²) in [6.07, 6.45) is 2.45. The van der Waals surface area contributed by atoms with Gasteiger partial charge in [-0.25, -0.2) is 0 Å². The molecule has 0 amide bonds. The average molecular weight is 261 g/mol. The van der Waals surface area contributed by atoms with Crippen LogP contribution in [0.1, 0.15) is 37.8 Å². The molecule has 4 heteroatoms. The van der Waals surface area contributed by atoms with E-state index in [2.05, 4.69) is 36.0 Å². The highest BCUT2D eigenvalue weighted by atomic mass is 16.4. The van der Waals surface area contributed by atoms with E-state index in [0.717, 1.165) is 23.4 Å². The van der Waals surface area contributed by atoms with Crippen LogP contribution in [0.4, 0.5) is 5.69 Å². The van der Waals surface area contributed by atoms with Crippen LogP contribution < -0.4 is 10.6 Å². The summed E-state index contributed by atoms with van der Waals surface area (Å²) in [5.74, 6) is 0.863. The van der Waals surface area contributed by atoms with Gasteiger partial charge in [0.25, 0.3) is 0 Å². The molecule has 104 valence electrons. The Balaban J connectivity index is 2.43. The fourth-order valence-electron chi connectivity index (χ4n) is 2.78. The quantitative estimate of drug-likeness (QED) is 0.372. The number of amidine groups is 1. The predicted molar refractivity (Wildman–Crippen MR) is 78.9 cm³/mol. The molecule has 1 aliphatic rings. The summed E-state index contributed by atoms with van der Waals surface area (Å²) in [6, 6.07) is 6.63. The van der Waals surface area contributed by atoms with Crippen molar-refractivity contribution in [2.45, 2.75) is 39.7 Å². The minimum atomic E-state index is 0.184. The summed E-state index contributed by atoms with van der Waals surface area (Å²) in [5, 5.41) is 12.1. The fraction of sp³-hybridized carbons (Fsp3) is 0.533. The van der Waals surface area contributed by atoms with E-state index < -0.39 is 0 Å². The van der Waals surface area contributed by atoms with Crippen LogP contribution in [-0.2, 0) is 0 Å². The molecule has 2 rings (SSSR count). The van der Waals surface area contributed by atoms with E-state index in [1.807, 2.05) is 13.0 Å². The second-order valence-corrected chi connectivity index (χ2v) is 5.69. The Morgan fingerprint density at radius 1 is 1.37 bits per heavy atom. The Morgan fingerprint density at radius 2 is 2.11 bits per heavy atom. The lowest BCUT2D eigenvalue weighted by molar-refractivity contribution is 0.318. The molecule has 1 aromatic carbocycles. The summed E-state index contributed by atoms with van der Waals surface area (Å²) in [6.45, 7) is 7.55. The number of hydrogen-bond donors (Lipinski definition) is 2. The molecular formula is C15H23N3O. The van der Waals surface area contributed by atoms with E-state index in [1.54, 1.807) is 0 Å². The molecule has 0 aliphatic carbocycles. The highest BCUT2D eigenvalue weighted by Gasteiger charge is 2.25. The topological polar surface area (TPSA) is 61.8 Å². The molecule has 2 unspecified atom stereocenters. The molecular weight excluding hydrogens is 238 g/mol. The Bertz CT molecular complexity index is 484. The van der Waals surface area contributed by atoms with Gasteiger partial charge in [0.15, 0.2) is 5.84 Å². The first kappa shape index (κ1) is 13.7. The van der Waals surface area contributed by atoms with Crippen molar-refractivity contribution < 1.29 is 5.21 Å². The first-order chi connectivity index (χ1) is 9.02. The number of hydrogen-bond acceptors (Lipinski definition) is 3. The van der Waals surface area contributed by atoms with Gasteiger partial charge in [0.05, 0.1) is 0 Å². The first-order valence-corrected chi connectivity index (χ1v) is 6.88. The zero-order chi connectivity index (χ0) is 14.0. The average Bonchev–Trinajstić information content (AvgIpc) is 2.41. The van der Waals surface area contributed by atoms with Gasteiger partial charge in [0.1, 0.15) is 0 Å². The van der Waals surface area contributed by atoms with E-state index in [-0.39, 0.29) is 5.84 Å². The third-order valence-electron chi connectivity index (χ3n) is 3.96. The molecule has 19 heavy (non-hydrogen) atoms. The van der Waals surface area contributed by atoms with Crippen LogP contribution in [0.25, 0.3) is 0 Å². The Kier molecular flexibility index (Phi) is 3.98. The van der Waals surface area contributed by atoms with Gasteiger partial charge in [-0.05, 0) is 44.7 Å². The number of nitrogens with zero attached hydrogens (tertiary/aromatic N) is 2. The summed E-state index contributed by atoms with van der Waals surface area (Å²) >= 11 is 0. The van der Waals surface area contributed by atoms with Gasteiger partial charge in [-0.1, -0.05) is 23.7 Å². The van der Waals surface area contributed by atoms with Crippen molar-refractivity contribution in [1.29, 1.82) is 0 Å². The molecule has 0 radical (unpaired) electrons. The molecule has 4 nitrogen and oxygen atoms in total. The zero-order valence-corrected chi connectivity index (χ0v) is 11.9. The van der Waals surface area contributed by atoms with Crippen molar-refractivity contribution in [3.05, 3.63) is 29.3 Å². The van der Waals surface area contributed by atoms with Gasteiger partial charge in [-0.2, -0.15) is 0 Å². The molecule has 1 fully saturated rings.